The van der Waals surface area contributed by atoms with E-state index < -0.39 is 0 Å². The molecule has 2 nitrogen and oxygen atoms in total. The standard InChI is InChI=1S/C41H24N2/c42-25-26-15-18-29(19-16-26)43(30-20-17-27-7-1-2-8-28(27)23-30)31-21-22-33-36-12-6-13-37-38-14-5-11-35(41(38)39(33)24-31)32-9-3-4-10-34(32)40(36)37/h1-24H. The van der Waals surface area contributed by atoms with Gasteiger partial charge in [-0.1, -0.05) is 97.1 Å². The number of fused-ring (bicyclic) bond motifs is 5. The van der Waals surface area contributed by atoms with Gasteiger partial charge >= 0.3 is 0 Å². The molecule has 7 aromatic rings. The largest absolute Gasteiger partial charge is 0.310 e. The summed E-state index contributed by atoms with van der Waals surface area (Å²) in [5.41, 5.74) is 16.6. The molecule has 0 radical (unpaired) electrons. The Morgan fingerprint density at radius 2 is 0.884 bits per heavy atom. The highest BCUT2D eigenvalue weighted by molar-refractivity contribution is 6.15. The van der Waals surface area contributed by atoms with E-state index in [0.29, 0.717) is 5.56 Å². The highest BCUT2D eigenvalue weighted by atomic mass is 15.1. The molecule has 0 spiro atoms. The van der Waals surface area contributed by atoms with E-state index in [1.807, 2.05) is 24.3 Å². The Labute approximate surface area is 250 Å². The monoisotopic (exact) mass is 544 g/mol. The summed E-state index contributed by atoms with van der Waals surface area (Å²) in [7, 11) is 0. The molecule has 0 heterocycles. The highest BCUT2D eigenvalue weighted by Crippen LogP contribution is 2.57. The molecule has 0 saturated carbocycles. The van der Waals surface area contributed by atoms with Gasteiger partial charge in [0, 0.05) is 17.1 Å². The van der Waals surface area contributed by atoms with Crippen molar-refractivity contribution in [3.63, 3.8) is 0 Å². The normalized spacial score (nSPS) is 11.7. The molecule has 0 aliphatic heterocycles. The number of rotatable bonds is 3. The van der Waals surface area contributed by atoms with Crippen LogP contribution in [-0.2, 0) is 0 Å². The smallest absolute Gasteiger partial charge is 0.0991 e. The van der Waals surface area contributed by atoms with Crippen molar-refractivity contribution in [3.05, 3.63) is 151 Å². The van der Waals surface area contributed by atoms with Gasteiger partial charge in [-0.05, 0) is 115 Å². The minimum absolute atomic E-state index is 0.648. The van der Waals surface area contributed by atoms with Crippen LogP contribution in [0.5, 0.6) is 0 Å². The molecular formula is C41H24N2. The van der Waals surface area contributed by atoms with Crippen molar-refractivity contribution in [3.8, 4) is 61.7 Å². The fraction of sp³-hybridized carbons (Fsp3) is 0. The summed E-state index contributed by atoms with van der Waals surface area (Å²) in [6.07, 6.45) is 0. The molecule has 43 heavy (non-hydrogen) atoms. The number of hydrogen-bond acceptors (Lipinski definition) is 2. The number of benzene rings is 7. The molecule has 0 unspecified atom stereocenters. The zero-order valence-electron chi connectivity index (χ0n) is 23.3. The second-order valence-corrected chi connectivity index (χ2v) is 11.3. The van der Waals surface area contributed by atoms with Crippen molar-refractivity contribution in [2.45, 2.75) is 0 Å². The Balaban J connectivity index is 1.33. The number of nitrogens with zero attached hydrogens (tertiary/aromatic N) is 2. The van der Waals surface area contributed by atoms with Crippen LogP contribution in [0, 0.1) is 11.3 Å². The molecule has 0 amide bonds. The van der Waals surface area contributed by atoms with Gasteiger partial charge in [-0.3, -0.25) is 0 Å². The molecule has 0 aromatic heterocycles. The van der Waals surface area contributed by atoms with Crippen LogP contribution < -0.4 is 4.90 Å². The third kappa shape index (κ3) is 3.46. The quantitative estimate of drug-likeness (QED) is 0.221. The number of nitriles is 1. The van der Waals surface area contributed by atoms with Crippen LogP contribution in [0.25, 0.3) is 66.4 Å². The van der Waals surface area contributed by atoms with Crippen LogP contribution >= 0.6 is 0 Å². The summed E-state index contributed by atoms with van der Waals surface area (Å²) >= 11 is 0. The zero-order chi connectivity index (χ0) is 28.5. The average molecular weight is 545 g/mol. The highest BCUT2D eigenvalue weighted by Gasteiger charge is 2.31. The molecular weight excluding hydrogens is 520 g/mol. The molecule has 2 heteroatoms. The van der Waals surface area contributed by atoms with Gasteiger partial charge in [0.1, 0.15) is 0 Å². The first kappa shape index (κ1) is 23.8. The van der Waals surface area contributed by atoms with Gasteiger partial charge in [0.2, 0.25) is 0 Å². The van der Waals surface area contributed by atoms with E-state index in [9.17, 15) is 5.26 Å². The van der Waals surface area contributed by atoms with Crippen molar-refractivity contribution < 1.29 is 0 Å². The van der Waals surface area contributed by atoms with E-state index in [-0.39, 0.29) is 0 Å². The number of hydrogen-bond donors (Lipinski definition) is 0. The molecule has 0 saturated heterocycles. The summed E-state index contributed by atoms with van der Waals surface area (Å²) in [6.45, 7) is 0. The van der Waals surface area contributed by atoms with Gasteiger partial charge in [-0.2, -0.15) is 5.26 Å². The van der Waals surface area contributed by atoms with Crippen LogP contribution in [0.1, 0.15) is 5.56 Å². The first-order chi connectivity index (χ1) is 21.3. The lowest BCUT2D eigenvalue weighted by molar-refractivity contribution is 1.29. The second-order valence-electron chi connectivity index (χ2n) is 11.3. The maximum absolute atomic E-state index is 9.49. The van der Waals surface area contributed by atoms with Gasteiger partial charge in [-0.25, -0.2) is 0 Å². The molecule has 198 valence electrons. The first-order valence-corrected chi connectivity index (χ1v) is 14.6. The minimum Gasteiger partial charge on any atom is -0.310 e. The Morgan fingerprint density at radius 3 is 1.60 bits per heavy atom. The Kier molecular flexibility index (Phi) is 5.00. The minimum atomic E-state index is 0.648. The van der Waals surface area contributed by atoms with E-state index in [1.165, 1.54) is 66.4 Å². The van der Waals surface area contributed by atoms with Gasteiger partial charge in [0.05, 0.1) is 11.6 Å². The van der Waals surface area contributed by atoms with E-state index in [1.54, 1.807) is 0 Å². The third-order valence-electron chi connectivity index (χ3n) is 8.97. The molecule has 2 aliphatic rings. The molecule has 7 aromatic carbocycles. The summed E-state index contributed by atoms with van der Waals surface area (Å²) in [4.78, 5) is 2.30. The third-order valence-corrected chi connectivity index (χ3v) is 8.97. The lowest BCUT2D eigenvalue weighted by Crippen LogP contribution is -2.10. The lowest BCUT2D eigenvalue weighted by atomic mass is 9.83. The maximum atomic E-state index is 9.49. The maximum Gasteiger partial charge on any atom is 0.0991 e. The van der Waals surface area contributed by atoms with Gasteiger partial charge in [0.15, 0.2) is 0 Å². The van der Waals surface area contributed by atoms with Crippen LogP contribution in [0.3, 0.4) is 0 Å². The summed E-state index contributed by atoms with van der Waals surface area (Å²) in [5, 5.41) is 11.9. The fourth-order valence-corrected chi connectivity index (χ4v) is 7.08. The van der Waals surface area contributed by atoms with Crippen molar-refractivity contribution in [1.29, 1.82) is 5.26 Å². The molecule has 6 bridgehead atoms. The summed E-state index contributed by atoms with van der Waals surface area (Å²) in [6, 6.07) is 54.4. The van der Waals surface area contributed by atoms with E-state index in [2.05, 4.69) is 132 Å². The summed E-state index contributed by atoms with van der Waals surface area (Å²) in [5.74, 6) is 0. The topological polar surface area (TPSA) is 27.0 Å². The van der Waals surface area contributed by atoms with Gasteiger partial charge < -0.3 is 4.90 Å². The molecule has 0 fully saturated rings. The fourth-order valence-electron chi connectivity index (χ4n) is 7.08. The molecule has 9 rings (SSSR count). The Hall–Kier alpha value is -5.91. The lowest BCUT2D eigenvalue weighted by Gasteiger charge is -2.28. The second kappa shape index (κ2) is 9.05. The van der Waals surface area contributed by atoms with E-state index in [4.69, 9.17) is 0 Å². The predicted molar refractivity (Wildman–Crippen MR) is 178 cm³/mol. The van der Waals surface area contributed by atoms with Crippen molar-refractivity contribution in [1.82, 2.24) is 0 Å². The molecule has 2 aliphatic carbocycles. The van der Waals surface area contributed by atoms with Crippen LogP contribution in [-0.4, -0.2) is 0 Å². The van der Waals surface area contributed by atoms with Crippen molar-refractivity contribution >= 4 is 27.8 Å². The van der Waals surface area contributed by atoms with Crippen LogP contribution in [0.2, 0.25) is 0 Å². The average Bonchev–Trinajstić information content (AvgIpc) is 3.18. The SMILES string of the molecule is N#Cc1ccc(N(c2ccc3c(c2)-c2c4cccc2-c2cccc-3c2-c2ccccc2-4)c2ccc3ccccc3c2)cc1. The molecule has 0 atom stereocenters. The number of anilines is 3. The summed E-state index contributed by atoms with van der Waals surface area (Å²) < 4.78 is 0. The van der Waals surface area contributed by atoms with E-state index in [0.717, 1.165) is 17.1 Å². The predicted octanol–water partition coefficient (Wildman–Crippen LogP) is 11.1. The van der Waals surface area contributed by atoms with Crippen LogP contribution in [0.15, 0.2) is 146 Å². The van der Waals surface area contributed by atoms with Crippen molar-refractivity contribution in [2.75, 3.05) is 4.90 Å². The zero-order valence-corrected chi connectivity index (χ0v) is 23.3. The van der Waals surface area contributed by atoms with Gasteiger partial charge in [-0.15, -0.1) is 0 Å². The first-order valence-electron chi connectivity index (χ1n) is 14.6. The molecule has 0 N–H and O–H groups in total. The van der Waals surface area contributed by atoms with E-state index >= 15 is 0 Å². The van der Waals surface area contributed by atoms with Crippen molar-refractivity contribution in [2.24, 2.45) is 0 Å². The Morgan fingerprint density at radius 1 is 0.372 bits per heavy atom. The Bertz CT molecular complexity index is 2280. The van der Waals surface area contributed by atoms with Gasteiger partial charge in [0.25, 0.3) is 0 Å². The van der Waals surface area contributed by atoms with Crippen LogP contribution in [0.4, 0.5) is 17.1 Å².